The van der Waals surface area contributed by atoms with Crippen molar-refractivity contribution in [3.8, 4) is 0 Å². The molecule has 10 nitrogen and oxygen atoms in total. The number of carbonyl (C=O) groups excluding carboxylic acids is 2. The van der Waals surface area contributed by atoms with Gasteiger partial charge in [0.1, 0.15) is 17.2 Å². The molecule has 2 aliphatic carbocycles. The zero-order valence-corrected chi connectivity index (χ0v) is 23.6. The van der Waals surface area contributed by atoms with Crippen LogP contribution in [0.2, 0.25) is 0 Å². The molecule has 1 aromatic rings. The fourth-order valence-electron chi connectivity index (χ4n) is 6.61. The number of aliphatic hydroxyl groups is 1. The number of amides is 2. The summed E-state index contributed by atoms with van der Waals surface area (Å²) in [7, 11) is 3.80. The van der Waals surface area contributed by atoms with E-state index in [1.165, 1.54) is 4.90 Å². The van der Waals surface area contributed by atoms with Crippen molar-refractivity contribution in [3.63, 3.8) is 0 Å². The number of aromatic nitrogens is 2. The highest BCUT2D eigenvalue weighted by Gasteiger charge is 2.55. The lowest BCUT2D eigenvalue weighted by Gasteiger charge is -2.54. The van der Waals surface area contributed by atoms with Crippen molar-refractivity contribution in [3.05, 3.63) is 11.7 Å². The van der Waals surface area contributed by atoms with Gasteiger partial charge in [0.15, 0.2) is 5.82 Å². The Morgan fingerprint density at radius 3 is 2.28 bits per heavy atom. The van der Waals surface area contributed by atoms with E-state index in [2.05, 4.69) is 10.1 Å². The van der Waals surface area contributed by atoms with E-state index in [-0.39, 0.29) is 30.6 Å². The number of hydrogen-bond donors (Lipinski definition) is 1. The predicted octanol–water partition coefficient (Wildman–Crippen LogP) is 3.50. The first-order valence-corrected chi connectivity index (χ1v) is 14.0. The third-order valence-electron chi connectivity index (χ3n) is 9.33. The van der Waals surface area contributed by atoms with Crippen molar-refractivity contribution in [2.24, 2.45) is 5.41 Å². The summed E-state index contributed by atoms with van der Waals surface area (Å²) >= 11 is 0. The monoisotopic (exact) mass is 553 g/mol. The van der Waals surface area contributed by atoms with E-state index in [1.807, 2.05) is 19.0 Å². The number of nitrogens with zero attached hydrogens (tertiary/aromatic N) is 5. The molecule has 0 aromatic carbocycles. The van der Waals surface area contributed by atoms with E-state index in [9.17, 15) is 23.5 Å². The number of ether oxygens (including phenoxy) is 1. The Bertz CT molecular complexity index is 1080. The Kier molecular flexibility index (Phi) is 6.97. The number of halogens is 2. The molecule has 1 aromatic heterocycles. The van der Waals surface area contributed by atoms with Gasteiger partial charge in [-0.15, -0.1) is 0 Å². The Morgan fingerprint density at radius 1 is 1.13 bits per heavy atom. The fraction of sp³-hybridized carbons (Fsp3) is 0.852. The van der Waals surface area contributed by atoms with E-state index in [1.54, 1.807) is 25.7 Å². The highest BCUT2D eigenvalue weighted by molar-refractivity contribution is 5.86. The zero-order chi connectivity index (χ0) is 28.4. The minimum absolute atomic E-state index is 0.187. The number of likely N-dealkylation sites (tertiary alicyclic amines) is 2. The summed E-state index contributed by atoms with van der Waals surface area (Å²) in [5.74, 6) is -2.60. The van der Waals surface area contributed by atoms with E-state index in [0.717, 1.165) is 19.3 Å². The van der Waals surface area contributed by atoms with Crippen molar-refractivity contribution in [2.45, 2.75) is 107 Å². The van der Waals surface area contributed by atoms with Gasteiger partial charge in [-0.25, -0.2) is 13.6 Å². The van der Waals surface area contributed by atoms with Gasteiger partial charge in [0.2, 0.25) is 17.7 Å². The van der Waals surface area contributed by atoms with Crippen molar-refractivity contribution >= 4 is 12.0 Å². The van der Waals surface area contributed by atoms with Crippen LogP contribution in [0.3, 0.4) is 0 Å². The van der Waals surface area contributed by atoms with Crippen LogP contribution in [0.25, 0.3) is 0 Å². The molecule has 5 rings (SSSR count). The summed E-state index contributed by atoms with van der Waals surface area (Å²) in [4.78, 5) is 36.8. The molecule has 1 spiro atoms. The second-order valence-corrected chi connectivity index (χ2v) is 13.3. The van der Waals surface area contributed by atoms with E-state index >= 15 is 0 Å². The Labute approximate surface area is 228 Å². The van der Waals surface area contributed by atoms with Crippen LogP contribution in [0.5, 0.6) is 0 Å². The fourth-order valence-corrected chi connectivity index (χ4v) is 6.61. The largest absolute Gasteiger partial charge is 0.444 e. The second-order valence-electron chi connectivity index (χ2n) is 13.3. The van der Waals surface area contributed by atoms with Crippen molar-refractivity contribution in [2.75, 3.05) is 33.7 Å². The van der Waals surface area contributed by atoms with E-state index in [4.69, 9.17) is 9.26 Å². The molecule has 4 fully saturated rings. The summed E-state index contributed by atoms with van der Waals surface area (Å²) in [6.07, 6.45) is 2.11. The smallest absolute Gasteiger partial charge is 0.410 e. The number of rotatable bonds is 4. The normalized spacial score (nSPS) is 28.2. The van der Waals surface area contributed by atoms with Gasteiger partial charge in [0.25, 0.3) is 0 Å². The lowest BCUT2D eigenvalue weighted by Crippen LogP contribution is -2.65. The van der Waals surface area contributed by atoms with E-state index in [0.29, 0.717) is 44.2 Å². The van der Waals surface area contributed by atoms with Gasteiger partial charge in [-0.05, 0) is 60.5 Å². The molecule has 2 saturated carbocycles. The highest BCUT2D eigenvalue weighted by atomic mass is 19.3. The van der Waals surface area contributed by atoms with Crippen LogP contribution in [0.1, 0.15) is 89.8 Å². The summed E-state index contributed by atoms with van der Waals surface area (Å²) in [5, 5.41) is 15.0. The topological polar surface area (TPSA) is 112 Å². The third-order valence-corrected chi connectivity index (χ3v) is 9.33. The average Bonchev–Trinajstić information content (AvgIpc) is 3.30. The minimum atomic E-state index is -2.67. The Hall–Kier alpha value is -2.34. The van der Waals surface area contributed by atoms with Crippen LogP contribution in [0.4, 0.5) is 13.6 Å². The second kappa shape index (κ2) is 9.64. The van der Waals surface area contributed by atoms with Crippen LogP contribution in [0.15, 0.2) is 4.52 Å². The van der Waals surface area contributed by atoms with Crippen molar-refractivity contribution < 1.29 is 32.7 Å². The maximum Gasteiger partial charge on any atom is 0.410 e. The standard InChI is InChI=1S/C27H41F2N5O5/c1-24(2,3)38-23(37)34-16-25(7-6-8-25)19(35)13-18(34)21(36)33-11-9-26(10-12-33,32(4)5)22-30-20(31-39-22)17-14-27(28,29)15-17/h17-19,35H,6-16H2,1-5H3/t18-,19+/m0/s1. The Balaban J connectivity index is 1.30. The molecule has 1 N–H and O–H groups in total. The summed E-state index contributed by atoms with van der Waals surface area (Å²) in [6.45, 7) is 6.46. The molecule has 3 heterocycles. The first-order valence-electron chi connectivity index (χ1n) is 14.0. The van der Waals surface area contributed by atoms with Gasteiger partial charge in [0.05, 0.1) is 6.10 Å². The molecule has 0 unspecified atom stereocenters. The van der Waals surface area contributed by atoms with Crippen molar-refractivity contribution in [1.29, 1.82) is 0 Å². The number of aliphatic hydroxyl groups excluding tert-OH is 1. The van der Waals surface area contributed by atoms with Crippen LogP contribution in [0, 0.1) is 5.41 Å². The average molecular weight is 554 g/mol. The van der Waals surface area contributed by atoms with Gasteiger partial charge >= 0.3 is 6.09 Å². The molecule has 0 radical (unpaired) electrons. The third kappa shape index (κ3) is 5.14. The van der Waals surface area contributed by atoms with Gasteiger partial charge < -0.3 is 19.3 Å². The molecule has 2 atom stereocenters. The summed E-state index contributed by atoms with van der Waals surface area (Å²) in [5.41, 5.74) is -1.71. The minimum Gasteiger partial charge on any atom is -0.444 e. The molecule has 0 bridgehead atoms. The summed E-state index contributed by atoms with van der Waals surface area (Å²) in [6, 6.07) is -0.803. The highest BCUT2D eigenvalue weighted by Crippen LogP contribution is 2.50. The lowest BCUT2D eigenvalue weighted by atomic mass is 9.61. The maximum absolute atomic E-state index is 13.8. The quantitative estimate of drug-likeness (QED) is 0.603. The molecular formula is C27H41F2N5O5. The van der Waals surface area contributed by atoms with Crippen molar-refractivity contribution in [1.82, 2.24) is 24.8 Å². The SMILES string of the molecule is CN(C)C1(c2nc(C3CC(F)(F)C3)no2)CCN(C(=O)[C@@H]2C[C@@H](O)C3(CCC3)CN2C(=O)OC(C)(C)C)CC1. The molecule has 2 saturated heterocycles. The molecule has 218 valence electrons. The van der Waals surface area contributed by atoms with Gasteiger partial charge in [-0.1, -0.05) is 11.6 Å². The molecule has 39 heavy (non-hydrogen) atoms. The predicted molar refractivity (Wildman–Crippen MR) is 136 cm³/mol. The van der Waals surface area contributed by atoms with Crippen LogP contribution >= 0.6 is 0 Å². The molecule has 4 aliphatic rings. The van der Waals surface area contributed by atoms with Gasteiger partial charge in [-0.3, -0.25) is 14.6 Å². The van der Waals surface area contributed by atoms with E-state index < -0.39 is 41.2 Å². The number of carbonyl (C=O) groups is 2. The van der Waals surface area contributed by atoms with Gasteiger partial charge in [0, 0.05) is 50.2 Å². The number of piperidine rings is 2. The molecule has 2 amide bonds. The zero-order valence-electron chi connectivity index (χ0n) is 23.6. The lowest BCUT2D eigenvalue weighted by molar-refractivity contribution is -0.154. The molecule has 12 heteroatoms. The maximum atomic E-state index is 13.8. The molecular weight excluding hydrogens is 512 g/mol. The van der Waals surface area contributed by atoms with Crippen LogP contribution < -0.4 is 0 Å². The summed E-state index contributed by atoms with van der Waals surface area (Å²) < 4.78 is 38.0. The number of hydrogen-bond acceptors (Lipinski definition) is 8. The first kappa shape index (κ1) is 28.2. The Morgan fingerprint density at radius 2 is 1.77 bits per heavy atom. The van der Waals surface area contributed by atoms with Crippen LogP contribution in [-0.2, 0) is 15.1 Å². The number of alkyl halides is 2. The first-order chi connectivity index (χ1) is 18.1. The molecule has 2 aliphatic heterocycles. The van der Waals surface area contributed by atoms with Gasteiger partial charge in [-0.2, -0.15) is 4.98 Å². The van der Waals surface area contributed by atoms with Crippen LogP contribution in [-0.4, -0.2) is 99.3 Å².